The Kier molecular flexibility index (Phi) is 4.26. The van der Waals surface area contributed by atoms with Crippen LogP contribution >= 0.6 is 11.8 Å². The molecule has 5 nitrogen and oxygen atoms in total. The molecule has 4 aliphatic carbocycles. The number of rotatable bonds is 5. The number of hydrogen-bond donors (Lipinski definition) is 2. The summed E-state index contributed by atoms with van der Waals surface area (Å²) in [5, 5.41) is 11.3. The predicted molar refractivity (Wildman–Crippen MR) is 106 cm³/mol. The molecule has 2 N–H and O–H groups in total. The van der Waals surface area contributed by atoms with E-state index in [1.807, 2.05) is 18.2 Å². The number of H-pyrrole nitrogens is 1. The first-order valence-corrected chi connectivity index (χ1v) is 11.0. The molecule has 1 aromatic carbocycles. The van der Waals surface area contributed by atoms with Crippen molar-refractivity contribution >= 4 is 17.7 Å². The smallest absolute Gasteiger partial charge is 0.230 e. The van der Waals surface area contributed by atoms with Crippen molar-refractivity contribution in [2.24, 2.45) is 17.8 Å². The second kappa shape index (κ2) is 6.66. The van der Waals surface area contributed by atoms with Crippen molar-refractivity contribution in [3.8, 4) is 11.4 Å². The zero-order chi connectivity index (χ0) is 18.4. The van der Waals surface area contributed by atoms with Crippen LogP contribution < -0.4 is 5.32 Å². The molecule has 27 heavy (non-hydrogen) atoms. The van der Waals surface area contributed by atoms with Gasteiger partial charge in [0.1, 0.15) is 0 Å². The summed E-state index contributed by atoms with van der Waals surface area (Å²) < 4.78 is 0. The van der Waals surface area contributed by atoms with Crippen molar-refractivity contribution in [3.05, 3.63) is 29.8 Å². The number of aryl methyl sites for hydroxylation is 1. The first-order valence-electron chi connectivity index (χ1n) is 10.0. The van der Waals surface area contributed by atoms with E-state index in [-0.39, 0.29) is 11.4 Å². The molecule has 1 amide bonds. The van der Waals surface area contributed by atoms with E-state index < -0.39 is 0 Å². The Hall–Kier alpha value is -1.82. The third-order valence-corrected chi connectivity index (χ3v) is 7.49. The first-order chi connectivity index (χ1) is 13.1. The van der Waals surface area contributed by atoms with Crippen LogP contribution in [0.5, 0.6) is 0 Å². The Morgan fingerprint density at radius 1 is 1.19 bits per heavy atom. The topological polar surface area (TPSA) is 70.7 Å². The molecule has 4 aliphatic rings. The van der Waals surface area contributed by atoms with Gasteiger partial charge in [0.2, 0.25) is 11.1 Å². The Balaban J connectivity index is 1.20. The first kappa shape index (κ1) is 17.3. The number of nitrogens with one attached hydrogen (secondary N) is 2. The lowest BCUT2D eigenvalue weighted by Gasteiger charge is -2.56. The summed E-state index contributed by atoms with van der Waals surface area (Å²) in [5.41, 5.74) is 2.29. The zero-order valence-electron chi connectivity index (χ0n) is 15.7. The van der Waals surface area contributed by atoms with Crippen molar-refractivity contribution in [3.63, 3.8) is 0 Å². The van der Waals surface area contributed by atoms with Gasteiger partial charge in [-0.15, -0.1) is 5.10 Å². The number of benzene rings is 1. The number of carbonyl (C=O) groups is 1. The van der Waals surface area contributed by atoms with E-state index in [1.54, 1.807) is 0 Å². The molecular formula is C21H26N4OS. The van der Waals surface area contributed by atoms with E-state index in [2.05, 4.69) is 33.5 Å². The maximum absolute atomic E-state index is 12.6. The molecule has 2 aromatic rings. The maximum Gasteiger partial charge on any atom is 0.230 e. The lowest BCUT2D eigenvalue weighted by molar-refractivity contribution is -0.124. The average molecular weight is 383 g/mol. The van der Waals surface area contributed by atoms with E-state index in [0.29, 0.717) is 10.9 Å². The molecule has 142 valence electrons. The molecule has 4 saturated carbocycles. The van der Waals surface area contributed by atoms with E-state index in [9.17, 15) is 4.79 Å². The number of aromatic nitrogens is 3. The van der Waals surface area contributed by atoms with Gasteiger partial charge in [0.05, 0.1) is 5.75 Å². The van der Waals surface area contributed by atoms with Crippen molar-refractivity contribution in [2.75, 3.05) is 5.75 Å². The summed E-state index contributed by atoms with van der Waals surface area (Å²) in [4.78, 5) is 17.2. The Labute approximate surface area is 164 Å². The lowest BCUT2D eigenvalue weighted by atomic mass is 9.53. The summed E-state index contributed by atoms with van der Waals surface area (Å²) in [7, 11) is 0. The van der Waals surface area contributed by atoms with Crippen molar-refractivity contribution in [1.82, 2.24) is 20.5 Å². The molecule has 0 radical (unpaired) electrons. The van der Waals surface area contributed by atoms with Gasteiger partial charge in [-0.1, -0.05) is 36.0 Å². The molecule has 4 bridgehead atoms. The van der Waals surface area contributed by atoms with Crippen LogP contribution in [0, 0.1) is 24.7 Å². The standard InChI is InChI=1S/C21H26N4OS/c1-13-4-2-3-5-17(13)19-22-20(25-24-19)27-12-18(26)23-21-9-14-6-15(10-21)8-16(7-14)11-21/h2-5,14-16H,6-12H2,1H3,(H,23,26)(H,22,24,25). The van der Waals surface area contributed by atoms with Crippen LogP contribution in [0.15, 0.2) is 29.4 Å². The molecule has 4 fully saturated rings. The average Bonchev–Trinajstić information content (AvgIpc) is 3.07. The van der Waals surface area contributed by atoms with Gasteiger partial charge in [-0.2, -0.15) is 0 Å². The molecule has 0 spiro atoms. The zero-order valence-corrected chi connectivity index (χ0v) is 16.5. The van der Waals surface area contributed by atoms with E-state index >= 15 is 0 Å². The monoisotopic (exact) mass is 382 g/mol. The SMILES string of the molecule is Cc1ccccc1-c1nc(SCC(=O)NC23CC4CC(CC(C4)C2)C3)n[nH]1. The van der Waals surface area contributed by atoms with Crippen LogP contribution in [-0.2, 0) is 4.79 Å². The molecule has 6 rings (SSSR count). The van der Waals surface area contributed by atoms with Crippen LogP contribution in [0.3, 0.4) is 0 Å². The summed E-state index contributed by atoms with van der Waals surface area (Å²) in [6.45, 7) is 2.06. The number of amides is 1. The largest absolute Gasteiger partial charge is 0.350 e. The fourth-order valence-corrected chi connectivity index (χ4v) is 6.59. The second-order valence-electron chi connectivity index (χ2n) is 8.82. The minimum atomic E-state index is 0.0811. The fraction of sp³-hybridized carbons (Fsp3) is 0.571. The van der Waals surface area contributed by atoms with Gasteiger partial charge < -0.3 is 5.32 Å². The number of nitrogens with zero attached hydrogens (tertiary/aromatic N) is 2. The molecule has 1 aromatic heterocycles. The van der Waals surface area contributed by atoms with E-state index in [4.69, 9.17) is 0 Å². The van der Waals surface area contributed by atoms with Gasteiger partial charge in [0, 0.05) is 11.1 Å². The Morgan fingerprint density at radius 3 is 2.52 bits per heavy atom. The molecule has 0 unspecified atom stereocenters. The molecule has 6 heteroatoms. The highest BCUT2D eigenvalue weighted by Gasteiger charge is 2.51. The van der Waals surface area contributed by atoms with Crippen molar-refractivity contribution < 1.29 is 4.79 Å². The van der Waals surface area contributed by atoms with Crippen LogP contribution in [0.2, 0.25) is 0 Å². The predicted octanol–water partition coefficient (Wildman–Crippen LogP) is 3.96. The Bertz CT molecular complexity index is 826. The van der Waals surface area contributed by atoms with Crippen LogP contribution in [-0.4, -0.2) is 32.4 Å². The normalized spacial score (nSPS) is 31.2. The summed E-state index contributed by atoms with van der Waals surface area (Å²) in [6.07, 6.45) is 7.74. The van der Waals surface area contributed by atoms with Crippen molar-refractivity contribution in [1.29, 1.82) is 0 Å². The van der Waals surface area contributed by atoms with Gasteiger partial charge in [-0.05, 0) is 68.8 Å². The third-order valence-electron chi connectivity index (χ3n) is 6.64. The van der Waals surface area contributed by atoms with E-state index in [1.165, 1.54) is 50.3 Å². The van der Waals surface area contributed by atoms with Crippen LogP contribution in [0.25, 0.3) is 11.4 Å². The molecular weight excluding hydrogens is 356 g/mol. The van der Waals surface area contributed by atoms with Crippen LogP contribution in [0.1, 0.15) is 44.1 Å². The van der Waals surface area contributed by atoms with Gasteiger partial charge in [0.25, 0.3) is 0 Å². The lowest BCUT2D eigenvalue weighted by Crippen LogP contribution is -2.60. The van der Waals surface area contributed by atoms with Gasteiger partial charge in [0.15, 0.2) is 5.82 Å². The second-order valence-corrected chi connectivity index (χ2v) is 9.76. The molecule has 1 heterocycles. The van der Waals surface area contributed by atoms with Gasteiger partial charge >= 0.3 is 0 Å². The summed E-state index contributed by atoms with van der Waals surface area (Å²) in [6, 6.07) is 8.10. The van der Waals surface area contributed by atoms with Gasteiger partial charge in [-0.3, -0.25) is 9.89 Å². The molecule has 0 saturated heterocycles. The molecule has 0 aliphatic heterocycles. The minimum absolute atomic E-state index is 0.0811. The third kappa shape index (κ3) is 3.40. The van der Waals surface area contributed by atoms with Gasteiger partial charge in [-0.25, -0.2) is 4.98 Å². The number of carbonyl (C=O) groups excluding carboxylic acids is 1. The summed E-state index contributed by atoms with van der Waals surface area (Å²) in [5.74, 6) is 3.80. The quantitative estimate of drug-likeness (QED) is 0.768. The fourth-order valence-electron chi connectivity index (χ4n) is 6.00. The number of aromatic amines is 1. The highest BCUT2D eigenvalue weighted by Crippen LogP contribution is 2.55. The van der Waals surface area contributed by atoms with E-state index in [0.717, 1.165) is 34.7 Å². The highest BCUT2D eigenvalue weighted by atomic mass is 32.2. The minimum Gasteiger partial charge on any atom is -0.350 e. The number of thioether (sulfide) groups is 1. The maximum atomic E-state index is 12.6. The molecule has 0 atom stereocenters. The Morgan fingerprint density at radius 2 is 1.85 bits per heavy atom. The highest BCUT2D eigenvalue weighted by molar-refractivity contribution is 7.99. The van der Waals surface area contributed by atoms with Crippen LogP contribution in [0.4, 0.5) is 0 Å². The summed E-state index contributed by atoms with van der Waals surface area (Å²) >= 11 is 1.41. The number of hydrogen-bond acceptors (Lipinski definition) is 4. The van der Waals surface area contributed by atoms with Crippen molar-refractivity contribution in [2.45, 2.75) is 56.1 Å².